The van der Waals surface area contributed by atoms with Crippen LogP contribution < -0.4 is 4.90 Å². The van der Waals surface area contributed by atoms with Gasteiger partial charge in [0.25, 0.3) is 5.91 Å². The van der Waals surface area contributed by atoms with Crippen LogP contribution in [0.3, 0.4) is 0 Å². The monoisotopic (exact) mass is 349 g/mol. The number of thioether (sulfide) groups is 1. The second-order valence-corrected chi connectivity index (χ2v) is 6.22. The van der Waals surface area contributed by atoms with Gasteiger partial charge in [0.05, 0.1) is 32.6 Å². The van der Waals surface area contributed by atoms with E-state index in [0.29, 0.717) is 62.5 Å². The van der Waals surface area contributed by atoms with E-state index in [0.717, 1.165) is 0 Å². The number of hydrogen-bond donors (Lipinski definition) is 0. The van der Waals surface area contributed by atoms with Gasteiger partial charge in [-0.25, -0.2) is 9.97 Å². The molecule has 1 amide bonds. The fraction of sp³-hybridized carbons (Fsp3) is 0.600. The molecule has 0 aromatic carbocycles. The number of nitrogens with zero attached hydrogens (tertiary/aromatic N) is 5. The zero-order chi connectivity index (χ0) is 16.9. The van der Waals surface area contributed by atoms with Crippen molar-refractivity contribution in [2.75, 3.05) is 57.2 Å². The van der Waals surface area contributed by atoms with E-state index in [2.05, 4.69) is 16.0 Å². The van der Waals surface area contributed by atoms with Gasteiger partial charge in [0, 0.05) is 19.6 Å². The van der Waals surface area contributed by atoms with Gasteiger partial charge < -0.3 is 19.3 Å². The third-order valence-electron chi connectivity index (χ3n) is 4.01. The molecule has 2 aliphatic heterocycles. The van der Waals surface area contributed by atoms with E-state index < -0.39 is 6.10 Å². The summed E-state index contributed by atoms with van der Waals surface area (Å²) < 4.78 is 11.0. The fourth-order valence-electron chi connectivity index (χ4n) is 2.75. The average Bonchev–Trinajstić information content (AvgIpc) is 2.67. The summed E-state index contributed by atoms with van der Waals surface area (Å²) in [6, 6.07) is 2.12. The van der Waals surface area contributed by atoms with Crippen molar-refractivity contribution < 1.29 is 14.3 Å². The maximum absolute atomic E-state index is 12.6. The minimum absolute atomic E-state index is 0.0272. The number of hydrogen-bond acceptors (Lipinski definition) is 8. The van der Waals surface area contributed by atoms with Gasteiger partial charge in [0.2, 0.25) is 0 Å². The van der Waals surface area contributed by atoms with Crippen molar-refractivity contribution in [2.45, 2.75) is 11.3 Å². The molecule has 128 valence electrons. The molecule has 24 heavy (non-hydrogen) atoms. The molecule has 0 aliphatic carbocycles. The Hall–Kier alpha value is -1.89. The van der Waals surface area contributed by atoms with E-state index in [9.17, 15) is 10.1 Å². The van der Waals surface area contributed by atoms with Crippen LogP contribution in [0.2, 0.25) is 0 Å². The molecule has 3 rings (SSSR count). The normalized spacial score (nSPS) is 21.4. The summed E-state index contributed by atoms with van der Waals surface area (Å²) in [6.45, 7) is 3.69. The largest absolute Gasteiger partial charge is 0.378 e. The maximum Gasteiger partial charge on any atom is 0.253 e. The number of carbonyl (C=O) groups excluding carboxylic acids is 1. The quantitative estimate of drug-likeness (QED) is 0.562. The number of ether oxygens (including phenoxy) is 2. The lowest BCUT2D eigenvalue weighted by Crippen LogP contribution is -2.53. The summed E-state index contributed by atoms with van der Waals surface area (Å²) in [6.07, 6.45) is 2.87. The lowest BCUT2D eigenvalue weighted by Gasteiger charge is -2.36. The smallest absolute Gasteiger partial charge is 0.253 e. The Morgan fingerprint density at radius 3 is 2.88 bits per heavy atom. The molecule has 1 unspecified atom stereocenters. The van der Waals surface area contributed by atoms with Crippen LogP contribution in [0.25, 0.3) is 0 Å². The number of morpholine rings is 2. The highest BCUT2D eigenvalue weighted by Crippen LogP contribution is 2.22. The zero-order valence-corrected chi connectivity index (χ0v) is 14.3. The van der Waals surface area contributed by atoms with Crippen LogP contribution in [0.15, 0.2) is 11.4 Å². The van der Waals surface area contributed by atoms with E-state index in [1.807, 2.05) is 11.2 Å². The van der Waals surface area contributed by atoms with Crippen LogP contribution in [0, 0.1) is 11.3 Å². The van der Waals surface area contributed by atoms with Gasteiger partial charge in [-0.15, -0.1) is 0 Å². The van der Waals surface area contributed by atoms with Crippen molar-refractivity contribution in [3.8, 4) is 6.07 Å². The van der Waals surface area contributed by atoms with Crippen LogP contribution in [-0.4, -0.2) is 79.1 Å². The number of anilines is 1. The molecule has 0 spiro atoms. The third kappa shape index (κ3) is 3.61. The van der Waals surface area contributed by atoms with Crippen molar-refractivity contribution in [3.63, 3.8) is 0 Å². The fourth-order valence-corrected chi connectivity index (χ4v) is 3.09. The van der Waals surface area contributed by atoms with Gasteiger partial charge in [-0.1, -0.05) is 11.8 Å². The van der Waals surface area contributed by atoms with Crippen molar-refractivity contribution in [3.05, 3.63) is 11.8 Å². The summed E-state index contributed by atoms with van der Waals surface area (Å²) in [4.78, 5) is 24.9. The van der Waals surface area contributed by atoms with Crippen molar-refractivity contribution in [1.82, 2.24) is 14.9 Å². The molecule has 1 aromatic rings. The maximum atomic E-state index is 12.6. The first-order valence-corrected chi connectivity index (χ1v) is 8.99. The summed E-state index contributed by atoms with van der Waals surface area (Å²) >= 11 is 1.42. The Balaban J connectivity index is 1.76. The van der Waals surface area contributed by atoms with Gasteiger partial charge in [-0.2, -0.15) is 5.26 Å². The van der Waals surface area contributed by atoms with Gasteiger partial charge >= 0.3 is 0 Å². The van der Waals surface area contributed by atoms with E-state index in [1.54, 1.807) is 4.90 Å². The molecule has 0 N–H and O–H groups in total. The molecule has 0 saturated carbocycles. The number of nitriles is 1. The van der Waals surface area contributed by atoms with Crippen molar-refractivity contribution >= 4 is 23.5 Å². The molecule has 1 atom stereocenters. The van der Waals surface area contributed by atoms with Crippen LogP contribution in [0.5, 0.6) is 0 Å². The molecular formula is C15H19N5O3S. The second kappa shape index (κ2) is 7.79. The van der Waals surface area contributed by atoms with Crippen molar-refractivity contribution in [1.29, 1.82) is 5.26 Å². The standard InChI is InChI=1S/C15H19N5O3S/c1-24-15-17-9-11(8-16)13(18-15)20-4-7-23-12(10-20)14(21)19-2-5-22-6-3-19/h9,12H,2-7,10H2,1H3. The summed E-state index contributed by atoms with van der Waals surface area (Å²) in [5.74, 6) is 0.542. The van der Waals surface area contributed by atoms with Gasteiger partial charge in [-0.05, 0) is 6.26 Å². The van der Waals surface area contributed by atoms with Gasteiger partial charge in [0.1, 0.15) is 11.6 Å². The molecule has 2 aliphatic rings. The summed E-state index contributed by atoms with van der Waals surface area (Å²) in [5, 5.41) is 9.91. The SMILES string of the molecule is CSc1ncc(C#N)c(N2CCOC(C(=O)N3CCOCC3)C2)n1. The lowest BCUT2D eigenvalue weighted by molar-refractivity contribution is -0.148. The molecule has 0 radical (unpaired) electrons. The predicted molar refractivity (Wildman–Crippen MR) is 87.9 cm³/mol. The third-order valence-corrected chi connectivity index (χ3v) is 4.58. The Labute approximate surface area is 144 Å². The van der Waals surface area contributed by atoms with E-state index >= 15 is 0 Å². The number of carbonyl (C=O) groups is 1. The Morgan fingerprint density at radius 1 is 1.38 bits per heavy atom. The molecule has 3 heterocycles. The minimum Gasteiger partial charge on any atom is -0.378 e. The molecule has 0 bridgehead atoms. The predicted octanol–water partition coefficient (Wildman–Crippen LogP) is 0.134. The molecule has 2 fully saturated rings. The first kappa shape index (κ1) is 17.0. The molecular weight excluding hydrogens is 330 g/mol. The van der Waals surface area contributed by atoms with Crippen LogP contribution >= 0.6 is 11.8 Å². The van der Waals surface area contributed by atoms with Crippen LogP contribution in [-0.2, 0) is 14.3 Å². The topological polar surface area (TPSA) is 91.6 Å². The average molecular weight is 349 g/mol. The first-order chi connectivity index (χ1) is 11.7. The number of amides is 1. The molecule has 1 aromatic heterocycles. The molecule has 8 nitrogen and oxygen atoms in total. The Bertz CT molecular complexity index is 644. The van der Waals surface area contributed by atoms with Gasteiger partial charge in [-0.3, -0.25) is 4.79 Å². The zero-order valence-electron chi connectivity index (χ0n) is 13.5. The highest BCUT2D eigenvalue weighted by Gasteiger charge is 2.32. The highest BCUT2D eigenvalue weighted by molar-refractivity contribution is 7.98. The minimum atomic E-state index is -0.545. The highest BCUT2D eigenvalue weighted by atomic mass is 32.2. The van der Waals surface area contributed by atoms with E-state index in [4.69, 9.17) is 9.47 Å². The lowest BCUT2D eigenvalue weighted by atomic mass is 10.2. The Kier molecular flexibility index (Phi) is 5.50. The van der Waals surface area contributed by atoms with E-state index in [1.165, 1.54) is 18.0 Å². The summed E-state index contributed by atoms with van der Waals surface area (Å²) in [5.41, 5.74) is 0.410. The molecule has 9 heteroatoms. The molecule has 2 saturated heterocycles. The Morgan fingerprint density at radius 2 is 2.17 bits per heavy atom. The van der Waals surface area contributed by atoms with E-state index in [-0.39, 0.29) is 5.91 Å². The van der Waals surface area contributed by atoms with Crippen LogP contribution in [0.4, 0.5) is 5.82 Å². The van der Waals surface area contributed by atoms with Crippen LogP contribution in [0.1, 0.15) is 5.56 Å². The summed E-state index contributed by atoms with van der Waals surface area (Å²) in [7, 11) is 0. The number of rotatable bonds is 3. The second-order valence-electron chi connectivity index (χ2n) is 5.45. The van der Waals surface area contributed by atoms with Gasteiger partial charge in [0.15, 0.2) is 17.1 Å². The van der Waals surface area contributed by atoms with Crippen molar-refractivity contribution in [2.24, 2.45) is 0 Å². The number of aromatic nitrogens is 2. The first-order valence-electron chi connectivity index (χ1n) is 7.77.